The fourth-order valence-corrected chi connectivity index (χ4v) is 1.39. The van der Waals surface area contributed by atoms with Crippen LogP contribution in [0, 0.1) is 0 Å². The highest BCUT2D eigenvalue weighted by Gasteiger charge is 2.38. The molecule has 11 heteroatoms. The van der Waals surface area contributed by atoms with Gasteiger partial charge >= 0.3 is 12.1 Å². The summed E-state index contributed by atoms with van der Waals surface area (Å²) in [7, 11) is 0. The van der Waals surface area contributed by atoms with Crippen molar-refractivity contribution in [3.63, 3.8) is 0 Å². The quantitative estimate of drug-likeness (QED) is 0.699. The molecule has 2 heterocycles. The van der Waals surface area contributed by atoms with Gasteiger partial charge in [-0.2, -0.15) is 13.2 Å². The van der Waals surface area contributed by atoms with E-state index >= 15 is 0 Å². The van der Waals surface area contributed by atoms with Crippen molar-refractivity contribution < 1.29 is 32.7 Å². The van der Waals surface area contributed by atoms with Crippen LogP contribution in [0.1, 0.15) is 10.5 Å². The lowest BCUT2D eigenvalue weighted by atomic mass is 10.2. The highest BCUT2D eigenvalue weighted by molar-refractivity contribution is 7.07. The van der Waals surface area contributed by atoms with Crippen molar-refractivity contribution in [1.82, 2.24) is 15.8 Å². The molecule has 0 bridgehead atoms. The summed E-state index contributed by atoms with van der Waals surface area (Å²) >= 11 is 1.38. The van der Waals surface area contributed by atoms with Crippen LogP contribution < -0.4 is 10.8 Å². The van der Waals surface area contributed by atoms with Crippen molar-refractivity contribution >= 4 is 23.2 Å². The van der Waals surface area contributed by atoms with Crippen molar-refractivity contribution in [2.45, 2.75) is 12.3 Å². The van der Waals surface area contributed by atoms with Crippen LogP contribution in [0.15, 0.2) is 10.9 Å². The Morgan fingerprint density at radius 2 is 2.10 bits per heavy atom. The first-order valence-corrected chi connectivity index (χ1v) is 6.10. The van der Waals surface area contributed by atoms with Crippen LogP contribution in [-0.4, -0.2) is 47.3 Å². The maximum Gasteiger partial charge on any atom is 0.490 e. The second-order valence-electron chi connectivity index (χ2n) is 3.51. The second-order valence-corrected chi connectivity index (χ2v) is 4.22. The van der Waals surface area contributed by atoms with E-state index in [1.54, 1.807) is 10.9 Å². The third kappa shape index (κ3) is 5.50. The number of hydrogen-bond donors (Lipinski definition) is 3. The van der Waals surface area contributed by atoms with E-state index in [9.17, 15) is 18.0 Å². The average Bonchev–Trinajstić information content (AvgIpc) is 2.79. The van der Waals surface area contributed by atoms with Crippen molar-refractivity contribution in [2.75, 3.05) is 13.1 Å². The number of halogens is 3. The summed E-state index contributed by atoms with van der Waals surface area (Å²) in [5.74, 6) is -3.04. The highest BCUT2D eigenvalue weighted by Crippen LogP contribution is 2.13. The van der Waals surface area contributed by atoms with Crippen LogP contribution in [0.5, 0.6) is 0 Å². The van der Waals surface area contributed by atoms with E-state index in [0.717, 1.165) is 13.1 Å². The van der Waals surface area contributed by atoms with Gasteiger partial charge in [0.1, 0.15) is 11.8 Å². The Morgan fingerprint density at radius 1 is 1.50 bits per heavy atom. The Kier molecular flexibility index (Phi) is 5.85. The lowest BCUT2D eigenvalue weighted by molar-refractivity contribution is -0.192. The number of aliphatic carboxylic acids is 1. The largest absolute Gasteiger partial charge is 0.490 e. The minimum Gasteiger partial charge on any atom is -0.475 e. The normalized spacial score (nSPS) is 14.8. The second kappa shape index (κ2) is 7.17. The average molecular weight is 313 g/mol. The zero-order valence-electron chi connectivity index (χ0n) is 9.81. The number of rotatable bonds is 3. The van der Waals surface area contributed by atoms with Gasteiger partial charge in [0.15, 0.2) is 0 Å². The fourth-order valence-electron chi connectivity index (χ4n) is 0.859. The Hall–Kier alpha value is -1.72. The van der Waals surface area contributed by atoms with Gasteiger partial charge in [0.2, 0.25) is 0 Å². The molecule has 1 aliphatic heterocycles. The minimum atomic E-state index is -5.08. The van der Waals surface area contributed by atoms with Gasteiger partial charge in [-0.1, -0.05) is 0 Å². The van der Waals surface area contributed by atoms with Gasteiger partial charge in [-0.25, -0.2) is 15.3 Å². The molecule has 0 spiro atoms. The van der Waals surface area contributed by atoms with E-state index < -0.39 is 12.1 Å². The molecule has 0 aliphatic carbocycles. The molecule has 112 valence electrons. The first kappa shape index (κ1) is 16.3. The molecule has 1 saturated heterocycles. The first-order valence-electron chi connectivity index (χ1n) is 5.15. The van der Waals surface area contributed by atoms with Crippen LogP contribution in [0.3, 0.4) is 0 Å². The number of carbonyl (C=O) groups excluding carboxylic acids is 1. The number of hydrogen-bond acceptors (Lipinski definition) is 6. The minimum absolute atomic E-state index is 0.0996. The maximum absolute atomic E-state index is 11.2. The molecule has 0 radical (unpaired) electrons. The molecule has 1 aromatic rings. The van der Waals surface area contributed by atoms with Crippen molar-refractivity contribution in [3.8, 4) is 0 Å². The van der Waals surface area contributed by atoms with E-state index in [0.29, 0.717) is 5.69 Å². The predicted molar refractivity (Wildman–Crippen MR) is 61.0 cm³/mol. The summed E-state index contributed by atoms with van der Waals surface area (Å²) in [6.07, 6.45) is -4.98. The third-order valence-corrected chi connectivity index (χ3v) is 2.56. The van der Waals surface area contributed by atoms with Crippen molar-refractivity contribution in [2.24, 2.45) is 0 Å². The molecule has 2 rings (SSSR count). The number of carboxylic acids is 1. The number of aromatic nitrogens is 1. The summed E-state index contributed by atoms with van der Waals surface area (Å²) < 4.78 is 31.7. The van der Waals surface area contributed by atoms with Crippen LogP contribution >= 0.6 is 11.3 Å². The monoisotopic (exact) mass is 313 g/mol. The zero-order valence-corrected chi connectivity index (χ0v) is 10.6. The lowest BCUT2D eigenvalue weighted by Gasteiger charge is -2.26. The molecule has 0 unspecified atom stereocenters. The number of nitrogens with zero attached hydrogens (tertiary/aromatic N) is 1. The Bertz CT molecular complexity index is 448. The van der Waals surface area contributed by atoms with Gasteiger partial charge < -0.3 is 10.4 Å². The third-order valence-electron chi connectivity index (χ3n) is 1.97. The SMILES string of the molecule is O=C(NOC1CNC1)c1cscn1.O=C(O)C(F)(F)F. The zero-order chi connectivity index (χ0) is 15.2. The number of carboxylic acid groups (broad SMARTS) is 1. The molecular formula is C9H10F3N3O4S. The van der Waals surface area contributed by atoms with Crippen molar-refractivity contribution in [3.05, 3.63) is 16.6 Å². The van der Waals surface area contributed by atoms with Gasteiger partial charge in [-0.3, -0.25) is 9.63 Å². The van der Waals surface area contributed by atoms with Gasteiger partial charge in [-0.05, 0) is 0 Å². The first-order chi connectivity index (χ1) is 9.30. The molecule has 1 amide bonds. The number of thiazole rings is 1. The topological polar surface area (TPSA) is 101 Å². The number of hydroxylamine groups is 1. The van der Waals surface area contributed by atoms with Gasteiger partial charge in [0, 0.05) is 18.5 Å². The van der Waals surface area contributed by atoms with Gasteiger partial charge in [0.25, 0.3) is 5.91 Å². The molecule has 1 aromatic heterocycles. The van der Waals surface area contributed by atoms with Crippen LogP contribution in [0.25, 0.3) is 0 Å². The molecule has 20 heavy (non-hydrogen) atoms. The molecule has 1 aliphatic rings. The number of alkyl halides is 3. The number of nitrogens with one attached hydrogen (secondary N) is 2. The number of carbonyl (C=O) groups is 2. The summed E-state index contributed by atoms with van der Waals surface area (Å²) in [6, 6.07) is 0. The van der Waals surface area contributed by atoms with Gasteiger partial charge in [-0.15, -0.1) is 11.3 Å². The molecule has 7 nitrogen and oxygen atoms in total. The summed E-state index contributed by atoms with van der Waals surface area (Å²) in [5.41, 5.74) is 4.36. The van der Waals surface area contributed by atoms with Crippen LogP contribution in [0.4, 0.5) is 13.2 Å². The summed E-state index contributed by atoms with van der Waals surface area (Å²) in [5, 5.41) is 11.8. The van der Waals surface area contributed by atoms with Crippen LogP contribution in [0.2, 0.25) is 0 Å². The molecule has 0 atom stereocenters. The Balaban J connectivity index is 0.000000246. The lowest BCUT2D eigenvalue weighted by Crippen LogP contribution is -2.51. The maximum atomic E-state index is 11.2. The summed E-state index contributed by atoms with van der Waals surface area (Å²) in [6.45, 7) is 1.58. The number of amides is 1. The highest BCUT2D eigenvalue weighted by atomic mass is 32.1. The van der Waals surface area contributed by atoms with E-state index in [4.69, 9.17) is 14.7 Å². The van der Waals surface area contributed by atoms with E-state index in [1.807, 2.05) is 0 Å². The Labute approximate surface area is 114 Å². The predicted octanol–water partition coefficient (Wildman–Crippen LogP) is 0.410. The molecular weight excluding hydrogens is 303 g/mol. The molecule has 0 saturated carbocycles. The standard InChI is InChI=1S/C7H9N3O2S.C2HF3O2/c11-7(6-3-13-4-9-6)10-12-5-1-8-2-5;3-2(4,5)1(6)7/h3-5,8H,1-2H2,(H,10,11);(H,6,7). The van der Waals surface area contributed by atoms with Crippen LogP contribution in [-0.2, 0) is 9.63 Å². The molecule has 3 N–H and O–H groups in total. The van der Waals surface area contributed by atoms with E-state index in [1.165, 1.54) is 11.3 Å². The van der Waals surface area contributed by atoms with E-state index in [2.05, 4.69) is 15.8 Å². The van der Waals surface area contributed by atoms with Gasteiger partial charge in [0.05, 0.1) is 5.51 Å². The Morgan fingerprint density at radius 3 is 2.45 bits per heavy atom. The van der Waals surface area contributed by atoms with E-state index in [-0.39, 0.29) is 12.0 Å². The van der Waals surface area contributed by atoms with Crippen molar-refractivity contribution in [1.29, 1.82) is 0 Å². The molecule has 0 aromatic carbocycles. The fraction of sp³-hybridized carbons (Fsp3) is 0.444. The molecule has 1 fully saturated rings. The summed E-state index contributed by atoms with van der Waals surface area (Å²) in [4.78, 5) is 29.0. The smallest absolute Gasteiger partial charge is 0.475 e.